The first-order valence-electron chi connectivity index (χ1n) is 5.50. The third-order valence-electron chi connectivity index (χ3n) is 2.84. The highest BCUT2D eigenvalue weighted by Gasteiger charge is 2.23. The summed E-state index contributed by atoms with van der Waals surface area (Å²) < 4.78 is 0. The number of piperazine rings is 1. The Balaban J connectivity index is 2.33. The van der Waals surface area contributed by atoms with Crippen molar-refractivity contribution in [3.05, 3.63) is 33.3 Å². The monoisotopic (exact) mass is 255 g/mol. The van der Waals surface area contributed by atoms with Crippen molar-refractivity contribution in [2.45, 2.75) is 13.0 Å². The van der Waals surface area contributed by atoms with Gasteiger partial charge in [-0.15, -0.1) is 0 Å². The maximum Gasteiger partial charge on any atom is 0.294 e. The molecule has 0 aromatic heterocycles. The fourth-order valence-corrected chi connectivity index (χ4v) is 2.23. The summed E-state index contributed by atoms with van der Waals surface area (Å²) >= 11 is 5.79. The molecule has 17 heavy (non-hydrogen) atoms. The van der Waals surface area contributed by atoms with Crippen LogP contribution in [-0.2, 0) is 0 Å². The van der Waals surface area contributed by atoms with Crippen LogP contribution in [-0.4, -0.2) is 30.6 Å². The van der Waals surface area contributed by atoms with Crippen LogP contribution in [0.1, 0.15) is 6.92 Å². The van der Waals surface area contributed by atoms with E-state index in [1.165, 1.54) is 6.07 Å². The highest BCUT2D eigenvalue weighted by molar-refractivity contribution is 6.30. The average Bonchev–Trinajstić information content (AvgIpc) is 2.28. The molecule has 1 N–H and O–H groups in total. The van der Waals surface area contributed by atoms with Gasteiger partial charge in [-0.3, -0.25) is 10.1 Å². The molecular formula is C11H14ClN3O2. The fourth-order valence-electron chi connectivity index (χ4n) is 2.06. The number of nitrogens with zero attached hydrogens (tertiary/aromatic N) is 2. The molecule has 1 aliphatic heterocycles. The molecule has 5 nitrogen and oxygen atoms in total. The number of halogens is 1. The minimum atomic E-state index is -0.381. The van der Waals surface area contributed by atoms with Crippen LogP contribution >= 0.6 is 11.6 Å². The average molecular weight is 256 g/mol. The molecule has 92 valence electrons. The molecule has 2 rings (SSSR count). The topological polar surface area (TPSA) is 58.4 Å². The molecule has 1 aromatic rings. The Morgan fingerprint density at radius 2 is 2.35 bits per heavy atom. The Kier molecular flexibility index (Phi) is 3.49. The molecule has 6 heteroatoms. The van der Waals surface area contributed by atoms with Crippen molar-refractivity contribution in [1.82, 2.24) is 5.32 Å². The predicted molar refractivity (Wildman–Crippen MR) is 67.8 cm³/mol. The summed E-state index contributed by atoms with van der Waals surface area (Å²) in [7, 11) is 0. The van der Waals surface area contributed by atoms with Crippen molar-refractivity contribution in [3.63, 3.8) is 0 Å². The molecule has 1 atom stereocenters. The van der Waals surface area contributed by atoms with Crippen molar-refractivity contribution in [3.8, 4) is 0 Å². The first-order valence-corrected chi connectivity index (χ1v) is 5.88. The number of hydrogen-bond donors (Lipinski definition) is 1. The smallest absolute Gasteiger partial charge is 0.294 e. The van der Waals surface area contributed by atoms with Gasteiger partial charge in [-0.2, -0.15) is 0 Å². The minimum absolute atomic E-state index is 0.0756. The number of nitro groups is 1. The van der Waals surface area contributed by atoms with Gasteiger partial charge in [-0.25, -0.2) is 0 Å². The molecule has 0 bridgehead atoms. The summed E-state index contributed by atoms with van der Waals surface area (Å²) in [4.78, 5) is 12.6. The lowest BCUT2D eigenvalue weighted by Crippen LogP contribution is -2.49. The number of rotatable bonds is 2. The second-order valence-corrected chi connectivity index (χ2v) is 4.63. The van der Waals surface area contributed by atoms with E-state index in [0.29, 0.717) is 16.8 Å². The molecule has 1 heterocycles. The van der Waals surface area contributed by atoms with E-state index in [1.807, 2.05) is 4.90 Å². The van der Waals surface area contributed by atoms with Crippen LogP contribution in [0.3, 0.4) is 0 Å². The lowest BCUT2D eigenvalue weighted by molar-refractivity contribution is -0.384. The van der Waals surface area contributed by atoms with Crippen molar-refractivity contribution in [2.24, 2.45) is 0 Å². The lowest BCUT2D eigenvalue weighted by Gasteiger charge is -2.33. The summed E-state index contributed by atoms with van der Waals surface area (Å²) in [5.41, 5.74) is 0.722. The van der Waals surface area contributed by atoms with E-state index in [-0.39, 0.29) is 10.6 Å². The first-order chi connectivity index (χ1) is 8.08. The Morgan fingerprint density at radius 1 is 1.59 bits per heavy atom. The van der Waals surface area contributed by atoms with E-state index in [4.69, 9.17) is 11.6 Å². The summed E-state index contributed by atoms with van der Waals surface area (Å²) in [5, 5.41) is 14.7. The largest absolute Gasteiger partial charge is 0.363 e. The molecule has 0 saturated carbocycles. The highest BCUT2D eigenvalue weighted by atomic mass is 35.5. The number of anilines is 1. The first kappa shape index (κ1) is 12.1. The van der Waals surface area contributed by atoms with E-state index >= 15 is 0 Å². The molecule has 0 spiro atoms. The highest BCUT2D eigenvalue weighted by Crippen LogP contribution is 2.31. The van der Waals surface area contributed by atoms with Gasteiger partial charge >= 0.3 is 0 Å². The predicted octanol–water partition coefficient (Wildman–Crippen LogP) is 2.05. The van der Waals surface area contributed by atoms with E-state index < -0.39 is 0 Å². The van der Waals surface area contributed by atoms with Gasteiger partial charge in [0.25, 0.3) is 5.69 Å². The lowest BCUT2D eigenvalue weighted by atomic mass is 10.2. The second-order valence-electron chi connectivity index (χ2n) is 4.19. The quantitative estimate of drug-likeness (QED) is 0.649. The maximum absolute atomic E-state index is 11.0. The van der Waals surface area contributed by atoms with Crippen LogP contribution < -0.4 is 10.2 Å². The van der Waals surface area contributed by atoms with Crippen LogP contribution in [0, 0.1) is 10.1 Å². The number of benzene rings is 1. The summed E-state index contributed by atoms with van der Waals surface area (Å²) in [6, 6.07) is 5.15. The van der Waals surface area contributed by atoms with E-state index in [2.05, 4.69) is 12.2 Å². The van der Waals surface area contributed by atoms with Gasteiger partial charge in [0, 0.05) is 36.8 Å². The summed E-state index contributed by atoms with van der Waals surface area (Å²) in [5.74, 6) is 0. The molecule has 1 aliphatic rings. The summed E-state index contributed by atoms with van der Waals surface area (Å²) in [6.45, 7) is 4.43. The van der Waals surface area contributed by atoms with Gasteiger partial charge in [0.1, 0.15) is 5.69 Å². The number of nitro benzene ring substituents is 1. The van der Waals surface area contributed by atoms with Crippen LogP contribution in [0.15, 0.2) is 18.2 Å². The fraction of sp³-hybridized carbons (Fsp3) is 0.455. The standard InChI is InChI=1S/C11H14ClN3O2/c1-8-7-14(5-4-13-8)10-3-2-9(12)6-11(10)15(16)17/h2-3,6,8,13H,4-5,7H2,1H3/t8-/m0/s1. The van der Waals surface area contributed by atoms with Crippen molar-refractivity contribution < 1.29 is 4.92 Å². The molecule has 0 amide bonds. The number of nitrogens with one attached hydrogen (secondary N) is 1. The molecule has 0 radical (unpaired) electrons. The zero-order valence-corrected chi connectivity index (χ0v) is 10.3. The molecule has 0 unspecified atom stereocenters. The van der Waals surface area contributed by atoms with Gasteiger partial charge in [-0.05, 0) is 19.1 Å². The van der Waals surface area contributed by atoms with Crippen molar-refractivity contribution >= 4 is 23.0 Å². The van der Waals surface area contributed by atoms with Crippen LogP contribution in [0.4, 0.5) is 11.4 Å². The van der Waals surface area contributed by atoms with Crippen LogP contribution in [0.2, 0.25) is 5.02 Å². The Bertz CT molecular complexity index is 439. The van der Waals surface area contributed by atoms with Gasteiger partial charge in [0.05, 0.1) is 4.92 Å². The summed E-state index contributed by atoms with van der Waals surface area (Å²) in [6.07, 6.45) is 0. The maximum atomic E-state index is 11.0. The van der Waals surface area contributed by atoms with E-state index in [0.717, 1.165) is 19.6 Å². The normalized spacial score (nSPS) is 20.4. The number of hydrogen-bond acceptors (Lipinski definition) is 4. The van der Waals surface area contributed by atoms with E-state index in [1.54, 1.807) is 12.1 Å². The SMILES string of the molecule is C[C@H]1CN(c2ccc(Cl)cc2[N+](=O)[O-])CCN1. The molecule has 1 fully saturated rings. The van der Waals surface area contributed by atoms with Crippen molar-refractivity contribution in [2.75, 3.05) is 24.5 Å². The molecule has 0 aliphatic carbocycles. The Morgan fingerprint density at radius 3 is 3.00 bits per heavy atom. The molecule has 1 aromatic carbocycles. The van der Waals surface area contributed by atoms with Crippen LogP contribution in [0.25, 0.3) is 0 Å². The molecular weight excluding hydrogens is 242 g/mol. The van der Waals surface area contributed by atoms with Crippen LogP contribution in [0.5, 0.6) is 0 Å². The Labute approximate surface area is 105 Å². The second kappa shape index (κ2) is 4.89. The Hall–Kier alpha value is -1.33. The van der Waals surface area contributed by atoms with E-state index in [9.17, 15) is 10.1 Å². The van der Waals surface area contributed by atoms with Crippen molar-refractivity contribution in [1.29, 1.82) is 0 Å². The third kappa shape index (κ3) is 2.68. The zero-order valence-electron chi connectivity index (χ0n) is 9.52. The minimum Gasteiger partial charge on any atom is -0.363 e. The van der Waals surface area contributed by atoms with Gasteiger partial charge in [-0.1, -0.05) is 11.6 Å². The van der Waals surface area contributed by atoms with Gasteiger partial charge < -0.3 is 10.2 Å². The molecule has 1 saturated heterocycles. The van der Waals surface area contributed by atoms with Gasteiger partial charge in [0.15, 0.2) is 0 Å². The zero-order chi connectivity index (χ0) is 12.4. The third-order valence-corrected chi connectivity index (χ3v) is 3.08. The van der Waals surface area contributed by atoms with Gasteiger partial charge in [0.2, 0.25) is 0 Å².